The molecule has 0 radical (unpaired) electrons. The van der Waals surface area contributed by atoms with Crippen molar-refractivity contribution in [2.24, 2.45) is 5.73 Å². The van der Waals surface area contributed by atoms with Crippen LogP contribution in [0.5, 0.6) is 0 Å². The minimum atomic E-state index is -0.107. The maximum absolute atomic E-state index is 11.9. The van der Waals surface area contributed by atoms with E-state index in [9.17, 15) is 4.79 Å². The smallest absolute Gasteiger partial charge is 0.242 e. The number of hydrogen-bond acceptors (Lipinski definition) is 4. The van der Waals surface area contributed by atoms with Crippen LogP contribution >= 0.6 is 0 Å². The Hall–Kier alpha value is -2.21. The van der Waals surface area contributed by atoms with Gasteiger partial charge >= 0.3 is 0 Å². The van der Waals surface area contributed by atoms with E-state index >= 15 is 0 Å². The highest BCUT2D eigenvalue weighted by atomic mass is 16.2. The van der Waals surface area contributed by atoms with Crippen LogP contribution in [0, 0.1) is 0 Å². The first-order valence-electron chi connectivity index (χ1n) is 6.12. The van der Waals surface area contributed by atoms with Gasteiger partial charge in [0.05, 0.1) is 17.9 Å². The van der Waals surface area contributed by atoms with E-state index in [0.717, 1.165) is 5.56 Å². The maximum Gasteiger partial charge on any atom is 0.242 e. The van der Waals surface area contributed by atoms with Crippen molar-refractivity contribution in [3.8, 4) is 0 Å². The topological polar surface area (TPSA) is 85.8 Å². The van der Waals surface area contributed by atoms with Crippen LogP contribution in [0.25, 0.3) is 0 Å². The van der Waals surface area contributed by atoms with E-state index in [2.05, 4.69) is 15.6 Å². The maximum atomic E-state index is 11.9. The number of hydrogen-bond donors (Lipinski definition) is 2. The van der Waals surface area contributed by atoms with Crippen LogP contribution in [-0.4, -0.2) is 20.9 Å². The van der Waals surface area contributed by atoms with Crippen LogP contribution in [0.2, 0.25) is 0 Å². The number of rotatable bonds is 5. The van der Waals surface area contributed by atoms with Crippen molar-refractivity contribution < 1.29 is 4.79 Å². The van der Waals surface area contributed by atoms with Gasteiger partial charge in [-0.2, -0.15) is 0 Å². The number of nitrogens with two attached hydrogens (primary N) is 1. The van der Waals surface area contributed by atoms with Gasteiger partial charge in [0.2, 0.25) is 5.91 Å². The molecular weight excluding hydrogens is 242 g/mol. The lowest BCUT2D eigenvalue weighted by atomic mass is 10.1. The first-order valence-corrected chi connectivity index (χ1v) is 6.12. The summed E-state index contributed by atoms with van der Waals surface area (Å²) in [6, 6.07) is 9.76. The molecular formula is C13H17N5O. The summed E-state index contributed by atoms with van der Waals surface area (Å²) in [4.78, 5) is 11.9. The molecule has 6 nitrogen and oxygen atoms in total. The second-order valence-electron chi connectivity index (χ2n) is 4.31. The molecule has 0 spiro atoms. The van der Waals surface area contributed by atoms with Crippen molar-refractivity contribution in [1.29, 1.82) is 0 Å². The third kappa shape index (κ3) is 3.62. The van der Waals surface area contributed by atoms with Crippen LogP contribution in [0.15, 0.2) is 36.5 Å². The highest BCUT2D eigenvalue weighted by Gasteiger charge is 2.10. The molecule has 3 N–H and O–H groups in total. The number of nitrogens with zero attached hydrogens (tertiary/aromatic N) is 3. The molecule has 100 valence electrons. The molecule has 1 aromatic carbocycles. The molecule has 6 heteroatoms. The van der Waals surface area contributed by atoms with Crippen molar-refractivity contribution >= 4 is 5.91 Å². The third-order valence-corrected chi connectivity index (χ3v) is 2.78. The summed E-state index contributed by atoms with van der Waals surface area (Å²) in [6.45, 7) is 2.41. The summed E-state index contributed by atoms with van der Waals surface area (Å²) in [6.07, 6.45) is 1.67. The van der Waals surface area contributed by atoms with Crippen LogP contribution in [0.1, 0.15) is 24.2 Å². The summed E-state index contributed by atoms with van der Waals surface area (Å²) in [5.74, 6) is -0.107. The first-order chi connectivity index (χ1) is 9.19. The van der Waals surface area contributed by atoms with Gasteiger partial charge in [-0.3, -0.25) is 4.79 Å². The molecule has 1 atom stereocenters. The minimum absolute atomic E-state index is 0.0359. The molecule has 0 aliphatic rings. The van der Waals surface area contributed by atoms with Crippen LogP contribution in [-0.2, 0) is 17.9 Å². The fourth-order valence-electron chi connectivity index (χ4n) is 1.77. The van der Waals surface area contributed by atoms with E-state index in [4.69, 9.17) is 5.73 Å². The molecule has 0 fully saturated rings. The number of benzene rings is 1. The summed E-state index contributed by atoms with van der Waals surface area (Å²) in [5.41, 5.74) is 7.17. The fraction of sp³-hybridized carbons (Fsp3) is 0.308. The summed E-state index contributed by atoms with van der Waals surface area (Å²) in [7, 11) is 0. The van der Waals surface area contributed by atoms with E-state index in [1.807, 2.05) is 37.3 Å². The van der Waals surface area contributed by atoms with E-state index in [0.29, 0.717) is 12.2 Å². The molecule has 0 unspecified atom stereocenters. The zero-order chi connectivity index (χ0) is 13.7. The average Bonchev–Trinajstić information content (AvgIpc) is 2.87. The number of amides is 1. The Morgan fingerprint density at radius 1 is 1.42 bits per heavy atom. The Morgan fingerprint density at radius 3 is 2.79 bits per heavy atom. The average molecular weight is 259 g/mol. The Kier molecular flexibility index (Phi) is 4.25. The number of nitrogens with one attached hydrogen (secondary N) is 1. The van der Waals surface area contributed by atoms with Gasteiger partial charge in [-0.25, -0.2) is 4.68 Å². The van der Waals surface area contributed by atoms with E-state index in [1.165, 1.54) is 4.68 Å². The molecule has 0 aliphatic carbocycles. The van der Waals surface area contributed by atoms with Crippen molar-refractivity contribution in [3.05, 3.63) is 47.8 Å². The molecule has 2 rings (SSSR count). The van der Waals surface area contributed by atoms with Gasteiger partial charge in [0.15, 0.2) is 0 Å². The van der Waals surface area contributed by atoms with Crippen LogP contribution in [0.3, 0.4) is 0 Å². The summed E-state index contributed by atoms with van der Waals surface area (Å²) >= 11 is 0. The van der Waals surface area contributed by atoms with Crippen molar-refractivity contribution in [2.75, 3.05) is 0 Å². The summed E-state index contributed by atoms with van der Waals surface area (Å²) < 4.78 is 1.48. The molecule has 0 saturated heterocycles. The van der Waals surface area contributed by atoms with Crippen molar-refractivity contribution in [1.82, 2.24) is 20.3 Å². The van der Waals surface area contributed by atoms with Gasteiger partial charge in [-0.15, -0.1) is 5.10 Å². The van der Waals surface area contributed by atoms with E-state index in [-0.39, 0.29) is 18.5 Å². The predicted molar refractivity (Wildman–Crippen MR) is 70.9 cm³/mol. The molecule has 1 amide bonds. The normalized spacial score (nSPS) is 12.1. The quantitative estimate of drug-likeness (QED) is 0.824. The van der Waals surface area contributed by atoms with Gasteiger partial charge in [-0.1, -0.05) is 35.5 Å². The van der Waals surface area contributed by atoms with Gasteiger partial charge in [0.25, 0.3) is 0 Å². The van der Waals surface area contributed by atoms with Crippen molar-refractivity contribution in [2.45, 2.75) is 26.1 Å². The minimum Gasteiger partial charge on any atom is -0.348 e. The SMILES string of the molecule is C[C@H](NC(=O)Cn1cc(CN)nn1)c1ccccc1. The third-order valence-electron chi connectivity index (χ3n) is 2.78. The molecule has 2 aromatic rings. The largest absolute Gasteiger partial charge is 0.348 e. The molecule has 0 bridgehead atoms. The lowest BCUT2D eigenvalue weighted by Crippen LogP contribution is -2.30. The van der Waals surface area contributed by atoms with Gasteiger partial charge < -0.3 is 11.1 Å². The van der Waals surface area contributed by atoms with Gasteiger partial charge in [0, 0.05) is 6.54 Å². The zero-order valence-corrected chi connectivity index (χ0v) is 10.8. The van der Waals surface area contributed by atoms with E-state index in [1.54, 1.807) is 6.20 Å². The predicted octanol–water partition coefficient (Wildman–Crippen LogP) is 0.614. The van der Waals surface area contributed by atoms with Crippen LogP contribution < -0.4 is 11.1 Å². The Labute approximate surface area is 111 Å². The number of carbonyl (C=O) groups is 1. The monoisotopic (exact) mass is 259 g/mol. The lowest BCUT2D eigenvalue weighted by molar-refractivity contribution is -0.122. The Balaban J connectivity index is 1.91. The van der Waals surface area contributed by atoms with Crippen molar-refractivity contribution in [3.63, 3.8) is 0 Å². The second-order valence-corrected chi connectivity index (χ2v) is 4.31. The molecule has 1 aromatic heterocycles. The standard InChI is InChI=1S/C13H17N5O/c1-10(11-5-3-2-4-6-11)15-13(19)9-18-8-12(7-14)16-17-18/h2-6,8,10H,7,9,14H2,1H3,(H,15,19)/t10-/m0/s1. The van der Waals surface area contributed by atoms with Crippen LogP contribution in [0.4, 0.5) is 0 Å². The van der Waals surface area contributed by atoms with Gasteiger partial charge in [0.1, 0.15) is 6.54 Å². The molecule has 1 heterocycles. The highest BCUT2D eigenvalue weighted by Crippen LogP contribution is 2.10. The first kappa shape index (κ1) is 13.2. The Morgan fingerprint density at radius 2 is 2.16 bits per heavy atom. The van der Waals surface area contributed by atoms with Gasteiger partial charge in [-0.05, 0) is 12.5 Å². The molecule has 19 heavy (non-hydrogen) atoms. The Bertz CT molecular complexity index is 537. The number of carbonyl (C=O) groups excluding carboxylic acids is 1. The zero-order valence-electron chi connectivity index (χ0n) is 10.8. The molecule has 0 aliphatic heterocycles. The number of aromatic nitrogens is 3. The second kappa shape index (κ2) is 6.10. The highest BCUT2D eigenvalue weighted by molar-refractivity contribution is 5.76. The summed E-state index contributed by atoms with van der Waals surface area (Å²) in [5, 5.41) is 10.6. The molecule has 0 saturated carbocycles. The lowest BCUT2D eigenvalue weighted by Gasteiger charge is -2.13. The van der Waals surface area contributed by atoms with E-state index < -0.39 is 0 Å². The fourth-order valence-corrected chi connectivity index (χ4v) is 1.77.